The van der Waals surface area contributed by atoms with Crippen LogP contribution in [0.4, 0.5) is 5.82 Å². The molecule has 0 aromatic carbocycles. The lowest BCUT2D eigenvalue weighted by Gasteiger charge is -2.28. The molecular formula is C14H14ClN5O4. The summed E-state index contributed by atoms with van der Waals surface area (Å²) in [5, 5.41) is 9.86. The molecule has 2 aromatic heterocycles. The zero-order valence-corrected chi connectivity index (χ0v) is 13.2. The lowest BCUT2D eigenvalue weighted by atomic mass is 9.88. The number of alkyl halides is 1. The number of hydrogen-bond acceptors (Lipinski definition) is 8. The second kappa shape index (κ2) is 5.27. The number of aromatic nitrogens is 4. The molecular weight excluding hydrogens is 338 g/mol. The maximum absolute atomic E-state index is 9.86. The topological polar surface area (TPSA) is 118 Å². The third-order valence-corrected chi connectivity index (χ3v) is 4.92. The summed E-state index contributed by atoms with van der Waals surface area (Å²) < 4.78 is 19.0. The molecule has 0 spiro atoms. The predicted molar refractivity (Wildman–Crippen MR) is 82.8 cm³/mol. The van der Waals surface area contributed by atoms with Crippen LogP contribution >= 0.6 is 11.6 Å². The summed E-state index contributed by atoms with van der Waals surface area (Å²) in [6, 6.07) is 0. The number of rotatable bonds is 3. The quantitative estimate of drug-likeness (QED) is 0.569. The fourth-order valence-electron chi connectivity index (χ4n) is 3.27. The van der Waals surface area contributed by atoms with Crippen molar-refractivity contribution in [1.82, 2.24) is 19.5 Å². The number of halogens is 1. The van der Waals surface area contributed by atoms with Gasteiger partial charge in [0, 0.05) is 0 Å². The standard InChI is InChI=1S/C14H14ClN5O4/c1-2-14-11(22-7-23-14)13(3-15,4-21)24-12(14)20-6-19-8-9(16)17-5-18-10(8)20/h1,5-6,11-12,21H,3-4,7H2,(H2,16,17,18)/t11-,12-,13-,14-/m1/s1. The molecule has 0 saturated carbocycles. The summed E-state index contributed by atoms with van der Waals surface area (Å²) in [6.45, 7) is -0.411. The minimum absolute atomic E-state index is 0.0266. The average molecular weight is 352 g/mol. The lowest BCUT2D eigenvalue weighted by Crippen LogP contribution is -2.51. The van der Waals surface area contributed by atoms with Crippen molar-refractivity contribution in [2.24, 2.45) is 0 Å². The van der Waals surface area contributed by atoms with Gasteiger partial charge in [-0.25, -0.2) is 15.0 Å². The van der Waals surface area contributed by atoms with Crippen LogP contribution in [0.25, 0.3) is 11.2 Å². The van der Waals surface area contributed by atoms with E-state index in [9.17, 15) is 5.11 Å². The van der Waals surface area contributed by atoms with Crippen molar-refractivity contribution in [3.63, 3.8) is 0 Å². The first-order chi connectivity index (χ1) is 11.6. The Morgan fingerprint density at radius 1 is 1.50 bits per heavy atom. The van der Waals surface area contributed by atoms with E-state index in [1.165, 1.54) is 12.7 Å². The van der Waals surface area contributed by atoms with Gasteiger partial charge in [0.15, 0.2) is 17.7 Å². The smallest absolute Gasteiger partial charge is 0.205 e. The molecule has 0 amide bonds. The number of aliphatic hydroxyl groups is 1. The Labute approximate surface area is 141 Å². The average Bonchev–Trinajstić information content (AvgIpc) is 3.27. The maximum atomic E-state index is 9.86. The molecule has 0 radical (unpaired) electrons. The summed E-state index contributed by atoms with van der Waals surface area (Å²) in [4.78, 5) is 12.3. The third-order valence-electron chi connectivity index (χ3n) is 4.47. The van der Waals surface area contributed by atoms with Gasteiger partial charge in [-0.3, -0.25) is 4.57 Å². The van der Waals surface area contributed by atoms with Crippen molar-refractivity contribution in [3.05, 3.63) is 12.7 Å². The van der Waals surface area contributed by atoms with Crippen LogP contribution in [0.15, 0.2) is 12.7 Å². The van der Waals surface area contributed by atoms with Crippen LogP contribution < -0.4 is 5.73 Å². The highest BCUT2D eigenvalue weighted by atomic mass is 35.5. The summed E-state index contributed by atoms with van der Waals surface area (Å²) in [6.07, 6.45) is 6.98. The van der Waals surface area contributed by atoms with Crippen molar-refractivity contribution >= 4 is 28.6 Å². The van der Waals surface area contributed by atoms with Crippen molar-refractivity contribution in [1.29, 1.82) is 0 Å². The number of nitrogen functional groups attached to an aromatic ring is 1. The van der Waals surface area contributed by atoms with E-state index >= 15 is 0 Å². The predicted octanol–water partition coefficient (Wildman–Crippen LogP) is -0.348. The van der Waals surface area contributed by atoms with Crippen LogP contribution in [-0.2, 0) is 14.2 Å². The number of nitrogens with two attached hydrogens (primary N) is 1. The molecule has 4 atom stereocenters. The highest BCUT2D eigenvalue weighted by Gasteiger charge is 2.68. The highest BCUT2D eigenvalue weighted by molar-refractivity contribution is 6.18. The zero-order chi connectivity index (χ0) is 16.9. The van der Waals surface area contributed by atoms with Crippen molar-refractivity contribution < 1.29 is 19.3 Å². The van der Waals surface area contributed by atoms with Crippen molar-refractivity contribution in [3.8, 4) is 12.3 Å². The first-order valence-corrected chi connectivity index (χ1v) is 7.66. The van der Waals surface area contributed by atoms with E-state index in [1.807, 2.05) is 0 Å². The molecule has 2 saturated heterocycles. The molecule has 2 fully saturated rings. The molecule has 10 heteroatoms. The molecule has 0 unspecified atom stereocenters. The van der Waals surface area contributed by atoms with Gasteiger partial charge in [-0.05, 0) is 0 Å². The Bertz CT molecular complexity index is 832. The summed E-state index contributed by atoms with van der Waals surface area (Å²) in [5.41, 5.74) is 4.19. The van der Waals surface area contributed by atoms with Crippen LogP contribution in [-0.4, -0.2) is 61.2 Å². The van der Waals surface area contributed by atoms with Crippen LogP contribution in [0.1, 0.15) is 6.23 Å². The van der Waals surface area contributed by atoms with Crippen LogP contribution in [0, 0.1) is 12.3 Å². The Hall–Kier alpha value is -1.96. The Kier molecular flexibility index (Phi) is 3.42. The van der Waals surface area contributed by atoms with E-state index in [4.69, 9.17) is 38.0 Å². The number of anilines is 1. The molecule has 2 aromatic rings. The van der Waals surface area contributed by atoms with E-state index < -0.39 is 23.5 Å². The highest BCUT2D eigenvalue weighted by Crippen LogP contribution is 2.51. The largest absolute Gasteiger partial charge is 0.393 e. The molecule has 126 valence electrons. The number of nitrogens with zero attached hydrogens (tertiary/aromatic N) is 4. The number of terminal acetylenes is 1. The van der Waals surface area contributed by atoms with Crippen molar-refractivity contribution in [2.45, 2.75) is 23.5 Å². The minimum atomic E-state index is -1.27. The first-order valence-electron chi connectivity index (χ1n) is 7.13. The van der Waals surface area contributed by atoms with E-state index in [-0.39, 0.29) is 25.1 Å². The fraction of sp³-hybridized carbons (Fsp3) is 0.500. The zero-order valence-electron chi connectivity index (χ0n) is 12.4. The molecule has 4 rings (SSSR count). The molecule has 4 heterocycles. The number of imidazole rings is 1. The SMILES string of the molecule is C#C[C@@]12OCO[C@@H]1[C@](CO)(CCl)O[C@H]2n1cnc2c(N)ncnc21. The van der Waals surface area contributed by atoms with Gasteiger partial charge in [-0.1, -0.05) is 5.92 Å². The molecule has 2 aliphatic heterocycles. The minimum Gasteiger partial charge on any atom is -0.393 e. The van der Waals surface area contributed by atoms with Gasteiger partial charge < -0.3 is 25.1 Å². The van der Waals surface area contributed by atoms with Gasteiger partial charge in [0.05, 0.1) is 18.8 Å². The van der Waals surface area contributed by atoms with Gasteiger partial charge in [0.25, 0.3) is 0 Å². The van der Waals surface area contributed by atoms with Crippen LogP contribution in [0.3, 0.4) is 0 Å². The summed E-state index contributed by atoms with van der Waals surface area (Å²) in [7, 11) is 0. The Balaban J connectivity index is 1.90. The number of hydrogen-bond donors (Lipinski definition) is 2. The first kappa shape index (κ1) is 15.6. The number of fused-ring (bicyclic) bond motifs is 2. The molecule has 0 aliphatic carbocycles. The van der Waals surface area contributed by atoms with Crippen LogP contribution in [0.5, 0.6) is 0 Å². The molecule has 2 aliphatic rings. The molecule has 9 nitrogen and oxygen atoms in total. The second-order valence-electron chi connectivity index (χ2n) is 5.66. The normalized spacial score (nSPS) is 35.2. The Morgan fingerprint density at radius 2 is 2.33 bits per heavy atom. The van der Waals surface area contributed by atoms with E-state index in [1.54, 1.807) is 4.57 Å². The Morgan fingerprint density at radius 3 is 3.04 bits per heavy atom. The summed E-state index contributed by atoms with van der Waals surface area (Å²) >= 11 is 6.06. The second-order valence-corrected chi connectivity index (χ2v) is 5.92. The van der Waals surface area contributed by atoms with Crippen LogP contribution in [0.2, 0.25) is 0 Å². The molecule has 24 heavy (non-hydrogen) atoms. The lowest BCUT2D eigenvalue weighted by molar-refractivity contribution is -0.159. The van der Waals surface area contributed by atoms with Gasteiger partial charge in [-0.2, -0.15) is 0 Å². The summed E-state index contributed by atoms with van der Waals surface area (Å²) in [5.74, 6) is 2.82. The van der Waals surface area contributed by atoms with E-state index in [2.05, 4.69) is 20.9 Å². The molecule has 0 bridgehead atoms. The van der Waals surface area contributed by atoms with Crippen molar-refractivity contribution in [2.75, 3.05) is 25.0 Å². The number of ether oxygens (including phenoxy) is 3. The fourth-order valence-corrected chi connectivity index (χ4v) is 3.56. The van der Waals surface area contributed by atoms with Gasteiger partial charge >= 0.3 is 0 Å². The van der Waals surface area contributed by atoms with Gasteiger partial charge in [-0.15, -0.1) is 18.0 Å². The maximum Gasteiger partial charge on any atom is 0.205 e. The van der Waals surface area contributed by atoms with Gasteiger partial charge in [0.1, 0.15) is 30.3 Å². The van der Waals surface area contributed by atoms with Gasteiger partial charge in [0.2, 0.25) is 5.60 Å². The van der Waals surface area contributed by atoms with E-state index in [0.717, 1.165) is 0 Å². The monoisotopic (exact) mass is 351 g/mol. The molecule has 3 N–H and O–H groups in total. The number of aliphatic hydroxyl groups excluding tert-OH is 1. The van der Waals surface area contributed by atoms with E-state index in [0.29, 0.717) is 11.2 Å². The third kappa shape index (κ3) is 1.77.